The third kappa shape index (κ3) is 4.05. The van der Waals surface area contributed by atoms with E-state index in [1.807, 2.05) is 11.0 Å². The summed E-state index contributed by atoms with van der Waals surface area (Å²) < 4.78 is 31.1. The van der Waals surface area contributed by atoms with Gasteiger partial charge in [0.05, 0.1) is 13.2 Å². The van der Waals surface area contributed by atoms with Gasteiger partial charge >= 0.3 is 0 Å². The van der Waals surface area contributed by atoms with Crippen molar-refractivity contribution in [2.24, 2.45) is 0 Å². The summed E-state index contributed by atoms with van der Waals surface area (Å²) in [5.74, 6) is 2.32. The number of hydrogen-bond donors (Lipinski definition) is 0. The quantitative estimate of drug-likeness (QED) is 0.791. The molecule has 2 aromatic rings. The highest BCUT2D eigenvalue weighted by Gasteiger charge is 2.22. The summed E-state index contributed by atoms with van der Waals surface area (Å²) in [6.45, 7) is 5.87. The maximum Gasteiger partial charge on any atom is 0.280 e. The second kappa shape index (κ2) is 7.95. The molecule has 2 aromatic heterocycles. The van der Waals surface area contributed by atoms with Crippen LogP contribution in [-0.4, -0.2) is 72.4 Å². The van der Waals surface area contributed by atoms with Crippen LogP contribution in [0.3, 0.4) is 0 Å². The monoisotopic (exact) mass is 377 g/mol. The summed E-state index contributed by atoms with van der Waals surface area (Å²) in [5.41, 5.74) is -0.242. The van der Waals surface area contributed by atoms with Gasteiger partial charge in [-0.05, 0) is 0 Å². The van der Waals surface area contributed by atoms with Crippen LogP contribution >= 0.6 is 0 Å². The standard InChI is InChI=1S/C17H21F2N7O/c18-17(19)13-9-14(21-11-20-13)24-1-3-25(4-2-24)15-10-16(23-12-22-15)26-5-7-27-8-6-26/h9-12,17H,1-8H2. The summed E-state index contributed by atoms with van der Waals surface area (Å²) >= 11 is 0. The van der Waals surface area contributed by atoms with Gasteiger partial charge in [0.2, 0.25) is 0 Å². The predicted molar refractivity (Wildman–Crippen MR) is 96.5 cm³/mol. The van der Waals surface area contributed by atoms with Crippen molar-refractivity contribution in [3.63, 3.8) is 0 Å². The Balaban J connectivity index is 1.41. The molecule has 0 atom stereocenters. The number of nitrogens with zero attached hydrogens (tertiary/aromatic N) is 7. The van der Waals surface area contributed by atoms with Gasteiger partial charge < -0.3 is 19.4 Å². The molecule has 0 unspecified atom stereocenters. The molecule has 4 rings (SSSR count). The van der Waals surface area contributed by atoms with Crippen LogP contribution in [0, 0.1) is 0 Å². The Hall–Kier alpha value is -2.62. The van der Waals surface area contributed by atoms with Crippen LogP contribution in [0.1, 0.15) is 12.1 Å². The Morgan fingerprint density at radius 3 is 1.74 bits per heavy atom. The zero-order valence-electron chi connectivity index (χ0n) is 14.8. The van der Waals surface area contributed by atoms with E-state index in [9.17, 15) is 8.78 Å². The Kier molecular flexibility index (Phi) is 5.23. The summed E-state index contributed by atoms with van der Waals surface area (Å²) in [7, 11) is 0. The zero-order chi connectivity index (χ0) is 18.6. The van der Waals surface area contributed by atoms with Crippen LogP contribution < -0.4 is 14.7 Å². The van der Waals surface area contributed by atoms with Crippen molar-refractivity contribution in [1.29, 1.82) is 0 Å². The topological polar surface area (TPSA) is 70.5 Å². The molecule has 2 saturated heterocycles. The van der Waals surface area contributed by atoms with Gasteiger partial charge in [0, 0.05) is 51.4 Å². The molecule has 0 aromatic carbocycles. The summed E-state index contributed by atoms with van der Waals surface area (Å²) in [6, 6.07) is 3.36. The first-order chi connectivity index (χ1) is 13.2. The van der Waals surface area contributed by atoms with Crippen molar-refractivity contribution < 1.29 is 13.5 Å². The van der Waals surface area contributed by atoms with Gasteiger partial charge in [-0.2, -0.15) is 0 Å². The fraction of sp³-hybridized carbons (Fsp3) is 0.529. The van der Waals surface area contributed by atoms with Crippen molar-refractivity contribution in [1.82, 2.24) is 19.9 Å². The predicted octanol–water partition coefficient (Wildman–Crippen LogP) is 1.37. The minimum absolute atomic E-state index is 0.242. The first-order valence-corrected chi connectivity index (χ1v) is 8.95. The number of morpholine rings is 1. The molecule has 2 aliphatic heterocycles. The second-order valence-electron chi connectivity index (χ2n) is 6.41. The third-order valence-electron chi connectivity index (χ3n) is 4.80. The van der Waals surface area contributed by atoms with E-state index < -0.39 is 6.43 Å². The molecule has 0 aliphatic carbocycles. The Morgan fingerprint density at radius 1 is 0.704 bits per heavy atom. The summed E-state index contributed by atoms with van der Waals surface area (Å²) in [4.78, 5) is 22.9. The lowest BCUT2D eigenvalue weighted by Gasteiger charge is -2.36. The van der Waals surface area contributed by atoms with E-state index in [0.717, 1.165) is 37.8 Å². The fourth-order valence-corrected chi connectivity index (χ4v) is 3.29. The zero-order valence-corrected chi connectivity index (χ0v) is 14.8. The van der Waals surface area contributed by atoms with E-state index in [1.54, 1.807) is 6.33 Å². The first-order valence-electron chi connectivity index (χ1n) is 8.95. The van der Waals surface area contributed by atoms with E-state index in [0.29, 0.717) is 32.1 Å². The number of aromatic nitrogens is 4. The number of hydrogen-bond acceptors (Lipinski definition) is 8. The molecule has 2 aliphatic rings. The van der Waals surface area contributed by atoms with E-state index >= 15 is 0 Å². The lowest BCUT2D eigenvalue weighted by Crippen LogP contribution is -2.47. The number of anilines is 3. The first kappa shape index (κ1) is 17.8. The smallest absolute Gasteiger partial charge is 0.280 e. The van der Waals surface area contributed by atoms with Gasteiger partial charge in [-0.15, -0.1) is 0 Å². The molecule has 27 heavy (non-hydrogen) atoms. The van der Waals surface area contributed by atoms with Crippen LogP contribution in [-0.2, 0) is 4.74 Å². The molecule has 0 bridgehead atoms. The molecule has 0 amide bonds. The molecule has 0 N–H and O–H groups in total. The van der Waals surface area contributed by atoms with Crippen molar-refractivity contribution >= 4 is 17.5 Å². The lowest BCUT2D eigenvalue weighted by molar-refractivity contribution is 0.122. The SMILES string of the molecule is FC(F)c1cc(N2CCN(c3cc(N4CCOCC4)ncn3)CC2)ncn1. The van der Waals surface area contributed by atoms with Crippen molar-refractivity contribution in [2.45, 2.75) is 6.43 Å². The molecule has 4 heterocycles. The van der Waals surface area contributed by atoms with Crippen LogP contribution in [0.5, 0.6) is 0 Å². The molecular formula is C17H21F2N7O. The number of rotatable bonds is 4. The normalized spacial score (nSPS) is 18.3. The average Bonchev–Trinajstić information content (AvgIpc) is 2.75. The van der Waals surface area contributed by atoms with Crippen molar-refractivity contribution in [3.8, 4) is 0 Å². The van der Waals surface area contributed by atoms with Crippen molar-refractivity contribution in [2.75, 3.05) is 67.2 Å². The maximum absolute atomic E-state index is 12.8. The molecular weight excluding hydrogens is 356 g/mol. The fourth-order valence-electron chi connectivity index (χ4n) is 3.29. The highest BCUT2D eigenvalue weighted by molar-refractivity contribution is 5.52. The van der Waals surface area contributed by atoms with E-state index in [2.05, 4.69) is 29.7 Å². The molecule has 0 radical (unpaired) electrons. The third-order valence-corrected chi connectivity index (χ3v) is 4.80. The number of piperazine rings is 1. The van der Waals surface area contributed by atoms with Crippen molar-refractivity contribution in [3.05, 3.63) is 30.5 Å². The molecule has 2 fully saturated rings. The molecule has 0 saturated carbocycles. The Bertz CT molecular complexity index is 764. The largest absolute Gasteiger partial charge is 0.378 e. The van der Waals surface area contributed by atoms with Gasteiger partial charge in [0.1, 0.15) is 35.8 Å². The van der Waals surface area contributed by atoms with Crippen LogP contribution in [0.25, 0.3) is 0 Å². The minimum Gasteiger partial charge on any atom is -0.378 e. The van der Waals surface area contributed by atoms with Gasteiger partial charge in [0.25, 0.3) is 6.43 Å². The summed E-state index contributed by atoms with van der Waals surface area (Å²) in [5, 5.41) is 0. The molecule has 144 valence electrons. The number of ether oxygens (including phenoxy) is 1. The molecule has 10 heteroatoms. The Morgan fingerprint density at radius 2 is 1.19 bits per heavy atom. The molecule has 8 nitrogen and oxygen atoms in total. The highest BCUT2D eigenvalue weighted by atomic mass is 19.3. The minimum atomic E-state index is -2.59. The lowest BCUT2D eigenvalue weighted by atomic mass is 10.3. The van der Waals surface area contributed by atoms with Crippen LogP contribution in [0.2, 0.25) is 0 Å². The van der Waals surface area contributed by atoms with Gasteiger partial charge in [-0.3, -0.25) is 0 Å². The van der Waals surface area contributed by atoms with Crippen LogP contribution in [0.4, 0.5) is 26.2 Å². The van der Waals surface area contributed by atoms with E-state index in [4.69, 9.17) is 4.74 Å². The number of alkyl halides is 2. The van der Waals surface area contributed by atoms with Gasteiger partial charge in [-0.1, -0.05) is 0 Å². The second-order valence-corrected chi connectivity index (χ2v) is 6.41. The van der Waals surface area contributed by atoms with Gasteiger partial charge in [-0.25, -0.2) is 28.7 Å². The summed E-state index contributed by atoms with van der Waals surface area (Å²) in [6.07, 6.45) is 0.196. The van der Waals surface area contributed by atoms with Gasteiger partial charge in [0.15, 0.2) is 0 Å². The van der Waals surface area contributed by atoms with Crippen LogP contribution in [0.15, 0.2) is 24.8 Å². The average molecular weight is 377 g/mol. The van der Waals surface area contributed by atoms with E-state index in [-0.39, 0.29) is 5.69 Å². The number of halogens is 2. The Labute approximate surface area is 155 Å². The highest BCUT2D eigenvalue weighted by Crippen LogP contribution is 2.23. The maximum atomic E-state index is 12.8. The molecule has 0 spiro atoms. The van der Waals surface area contributed by atoms with E-state index in [1.165, 1.54) is 12.4 Å².